The Hall–Kier alpha value is -2.34. The van der Waals surface area contributed by atoms with Crippen LogP contribution >= 0.6 is 11.3 Å². The second-order valence-electron chi connectivity index (χ2n) is 7.66. The van der Waals surface area contributed by atoms with Crippen LogP contribution in [0.3, 0.4) is 0 Å². The molecule has 2 amide bonds. The molecule has 1 saturated heterocycles. The first kappa shape index (κ1) is 19.0. The van der Waals surface area contributed by atoms with Gasteiger partial charge in [0.1, 0.15) is 5.75 Å². The Balaban J connectivity index is 1.18. The largest absolute Gasteiger partial charge is 0.493 e. The molecule has 1 aliphatic heterocycles. The number of piperidine rings is 1. The summed E-state index contributed by atoms with van der Waals surface area (Å²) in [6.45, 7) is 2.26. The minimum Gasteiger partial charge on any atom is -0.493 e. The summed E-state index contributed by atoms with van der Waals surface area (Å²) in [5.41, 5.74) is 0.678. The first-order valence-corrected chi connectivity index (χ1v) is 10.9. The molecule has 28 heavy (non-hydrogen) atoms. The first-order valence-electron chi connectivity index (χ1n) is 10.0. The third-order valence-corrected chi connectivity index (χ3v) is 6.26. The molecule has 148 valence electrons. The normalized spacial score (nSPS) is 17.4. The molecule has 2 aliphatic rings. The van der Waals surface area contributed by atoms with E-state index < -0.39 is 0 Å². The molecule has 0 spiro atoms. The number of carbonyl (C=O) groups is 2. The molecule has 2 aromatic rings. The molecule has 2 heterocycles. The lowest BCUT2D eigenvalue weighted by molar-refractivity contribution is -0.131. The monoisotopic (exact) mass is 398 g/mol. The maximum atomic E-state index is 12.4. The Labute approximate surface area is 169 Å². The van der Waals surface area contributed by atoms with E-state index >= 15 is 0 Å². The van der Waals surface area contributed by atoms with Crippen LogP contribution in [-0.4, -0.2) is 42.5 Å². The van der Waals surface area contributed by atoms with Gasteiger partial charge in [-0.15, -0.1) is 11.3 Å². The van der Waals surface area contributed by atoms with Gasteiger partial charge < -0.3 is 15.0 Å². The summed E-state index contributed by atoms with van der Waals surface area (Å²) < 4.78 is 5.92. The van der Waals surface area contributed by atoms with E-state index in [0.717, 1.165) is 49.4 Å². The molecule has 1 aromatic carbocycles. The molecule has 1 N–H and O–H groups in total. The molecule has 1 saturated carbocycles. The van der Waals surface area contributed by atoms with E-state index in [0.29, 0.717) is 30.6 Å². The smallest absolute Gasteiger partial charge is 0.251 e. The number of nitrogens with one attached hydrogen (secondary N) is 1. The van der Waals surface area contributed by atoms with Crippen molar-refractivity contribution in [1.29, 1.82) is 0 Å². The van der Waals surface area contributed by atoms with Gasteiger partial charge in [0.05, 0.1) is 13.0 Å². The molecule has 6 heteroatoms. The average molecular weight is 399 g/mol. The van der Waals surface area contributed by atoms with Crippen LogP contribution in [-0.2, 0) is 11.2 Å². The minimum absolute atomic E-state index is 0.00589. The van der Waals surface area contributed by atoms with E-state index in [9.17, 15) is 9.59 Å². The molecular formula is C22H26N2O3S. The zero-order valence-corrected chi connectivity index (χ0v) is 16.7. The van der Waals surface area contributed by atoms with Crippen LogP contribution in [0.25, 0.3) is 0 Å². The number of carbonyl (C=O) groups excluding carboxylic acids is 2. The van der Waals surface area contributed by atoms with Gasteiger partial charge in [0, 0.05) is 29.6 Å². The highest BCUT2D eigenvalue weighted by molar-refractivity contribution is 7.10. The molecule has 0 atom stereocenters. The van der Waals surface area contributed by atoms with Crippen molar-refractivity contribution >= 4 is 23.2 Å². The van der Waals surface area contributed by atoms with Gasteiger partial charge in [0.2, 0.25) is 5.91 Å². The number of rotatable bonds is 7. The SMILES string of the molecule is O=C(NC1CC1)c1ccc(OCC2CCN(C(=O)Cc3cccs3)CC2)cc1. The topological polar surface area (TPSA) is 58.6 Å². The zero-order valence-electron chi connectivity index (χ0n) is 15.9. The van der Waals surface area contributed by atoms with E-state index in [4.69, 9.17) is 4.74 Å². The minimum atomic E-state index is -0.00589. The fourth-order valence-corrected chi connectivity index (χ4v) is 4.13. The summed E-state index contributed by atoms with van der Waals surface area (Å²) in [4.78, 5) is 27.5. The number of thiophene rings is 1. The van der Waals surface area contributed by atoms with Crippen LogP contribution in [0.15, 0.2) is 41.8 Å². The van der Waals surface area contributed by atoms with Crippen molar-refractivity contribution in [2.75, 3.05) is 19.7 Å². The second-order valence-corrected chi connectivity index (χ2v) is 8.70. The number of amides is 2. The van der Waals surface area contributed by atoms with Crippen LogP contribution in [0.4, 0.5) is 0 Å². The summed E-state index contributed by atoms with van der Waals surface area (Å²) in [7, 11) is 0. The van der Waals surface area contributed by atoms with Gasteiger partial charge in [-0.2, -0.15) is 0 Å². The Kier molecular flexibility index (Phi) is 5.95. The lowest BCUT2D eigenvalue weighted by Gasteiger charge is -2.32. The Morgan fingerprint density at radius 3 is 2.46 bits per heavy atom. The highest BCUT2D eigenvalue weighted by Crippen LogP contribution is 2.22. The number of hydrogen-bond acceptors (Lipinski definition) is 4. The third-order valence-electron chi connectivity index (χ3n) is 5.39. The van der Waals surface area contributed by atoms with Crippen molar-refractivity contribution < 1.29 is 14.3 Å². The fourth-order valence-electron chi connectivity index (χ4n) is 3.44. The number of nitrogens with zero attached hydrogens (tertiary/aromatic N) is 1. The molecule has 1 aliphatic carbocycles. The molecule has 1 aromatic heterocycles. The van der Waals surface area contributed by atoms with Gasteiger partial charge in [-0.1, -0.05) is 6.07 Å². The average Bonchev–Trinajstić information content (AvgIpc) is 3.39. The van der Waals surface area contributed by atoms with Gasteiger partial charge in [0.25, 0.3) is 5.91 Å². The standard InChI is InChI=1S/C22H26N2O3S/c25-21(14-20-2-1-13-28-20)24-11-9-16(10-12-24)15-27-19-7-3-17(4-8-19)22(26)23-18-5-6-18/h1-4,7-8,13,16,18H,5-6,9-12,14-15H2,(H,23,26). The molecule has 0 unspecified atom stereocenters. The molecular weight excluding hydrogens is 372 g/mol. The lowest BCUT2D eigenvalue weighted by Crippen LogP contribution is -2.40. The summed E-state index contributed by atoms with van der Waals surface area (Å²) in [6.07, 6.45) is 4.63. The number of likely N-dealkylation sites (tertiary alicyclic amines) is 1. The summed E-state index contributed by atoms with van der Waals surface area (Å²) >= 11 is 1.64. The van der Waals surface area contributed by atoms with Crippen molar-refractivity contribution in [1.82, 2.24) is 10.2 Å². The quantitative estimate of drug-likeness (QED) is 0.777. The van der Waals surface area contributed by atoms with E-state index in [-0.39, 0.29) is 11.8 Å². The third kappa shape index (κ3) is 5.13. The molecule has 0 bridgehead atoms. The van der Waals surface area contributed by atoms with Gasteiger partial charge in [-0.25, -0.2) is 0 Å². The van der Waals surface area contributed by atoms with Crippen LogP contribution in [0.1, 0.15) is 40.9 Å². The van der Waals surface area contributed by atoms with Crippen molar-refractivity contribution in [2.24, 2.45) is 5.92 Å². The van der Waals surface area contributed by atoms with Crippen molar-refractivity contribution in [3.8, 4) is 5.75 Å². The molecule has 5 nitrogen and oxygen atoms in total. The van der Waals surface area contributed by atoms with Crippen molar-refractivity contribution in [3.63, 3.8) is 0 Å². The Morgan fingerprint density at radius 2 is 1.82 bits per heavy atom. The van der Waals surface area contributed by atoms with E-state index in [2.05, 4.69) is 5.32 Å². The van der Waals surface area contributed by atoms with Crippen LogP contribution in [0.5, 0.6) is 5.75 Å². The second kappa shape index (κ2) is 8.78. The molecule has 0 radical (unpaired) electrons. The van der Waals surface area contributed by atoms with Crippen molar-refractivity contribution in [3.05, 3.63) is 52.2 Å². The van der Waals surface area contributed by atoms with Crippen LogP contribution in [0.2, 0.25) is 0 Å². The van der Waals surface area contributed by atoms with Crippen LogP contribution < -0.4 is 10.1 Å². The summed E-state index contributed by atoms with van der Waals surface area (Å²) in [5.74, 6) is 1.47. The van der Waals surface area contributed by atoms with Gasteiger partial charge in [-0.3, -0.25) is 9.59 Å². The highest BCUT2D eigenvalue weighted by Gasteiger charge is 2.24. The summed E-state index contributed by atoms with van der Waals surface area (Å²) in [6, 6.07) is 11.7. The van der Waals surface area contributed by atoms with Gasteiger partial charge >= 0.3 is 0 Å². The maximum absolute atomic E-state index is 12.4. The van der Waals surface area contributed by atoms with E-state index in [1.807, 2.05) is 46.7 Å². The molecule has 2 fully saturated rings. The highest BCUT2D eigenvalue weighted by atomic mass is 32.1. The lowest BCUT2D eigenvalue weighted by atomic mass is 9.97. The maximum Gasteiger partial charge on any atom is 0.251 e. The molecule has 4 rings (SSSR count). The van der Waals surface area contributed by atoms with Crippen LogP contribution in [0, 0.1) is 5.92 Å². The van der Waals surface area contributed by atoms with Gasteiger partial charge in [-0.05, 0) is 67.3 Å². The summed E-state index contributed by atoms with van der Waals surface area (Å²) in [5, 5.41) is 5.00. The Bertz CT molecular complexity index is 792. The van der Waals surface area contributed by atoms with E-state index in [1.54, 1.807) is 11.3 Å². The first-order chi connectivity index (χ1) is 13.7. The van der Waals surface area contributed by atoms with Gasteiger partial charge in [0.15, 0.2) is 0 Å². The predicted molar refractivity (Wildman–Crippen MR) is 110 cm³/mol. The predicted octanol–water partition coefficient (Wildman–Crippen LogP) is 3.50. The Morgan fingerprint density at radius 1 is 1.07 bits per heavy atom. The van der Waals surface area contributed by atoms with Crippen molar-refractivity contribution in [2.45, 2.75) is 38.1 Å². The number of benzene rings is 1. The fraction of sp³-hybridized carbons (Fsp3) is 0.455. The number of hydrogen-bond donors (Lipinski definition) is 1. The zero-order chi connectivity index (χ0) is 19.3. The number of ether oxygens (including phenoxy) is 1. The van der Waals surface area contributed by atoms with E-state index in [1.165, 1.54) is 0 Å².